The zero-order valence-corrected chi connectivity index (χ0v) is 15.8. The van der Waals surface area contributed by atoms with Gasteiger partial charge in [-0.2, -0.15) is 4.31 Å². The second-order valence-corrected chi connectivity index (χ2v) is 8.75. The van der Waals surface area contributed by atoms with Crippen molar-refractivity contribution in [3.63, 3.8) is 0 Å². The molecule has 1 saturated heterocycles. The molecule has 1 fully saturated rings. The second kappa shape index (κ2) is 8.14. The van der Waals surface area contributed by atoms with Gasteiger partial charge in [-0.25, -0.2) is 12.8 Å². The number of halogens is 1. The number of hydrogen-bond acceptors (Lipinski definition) is 4. The molecule has 1 aliphatic rings. The third kappa shape index (κ3) is 5.40. The van der Waals surface area contributed by atoms with E-state index in [1.54, 1.807) is 23.1 Å². The summed E-state index contributed by atoms with van der Waals surface area (Å²) in [5.74, 6) is -0.345. The molecule has 0 N–H and O–H groups in total. The number of rotatable bonds is 6. The van der Waals surface area contributed by atoms with Crippen molar-refractivity contribution in [2.75, 3.05) is 50.4 Å². The lowest BCUT2D eigenvalue weighted by Gasteiger charge is -2.37. The molecule has 0 saturated carbocycles. The maximum absolute atomic E-state index is 13.9. The molecule has 2 rings (SSSR count). The highest BCUT2D eigenvalue weighted by molar-refractivity contribution is 7.88. The molecule has 0 atom stereocenters. The summed E-state index contributed by atoms with van der Waals surface area (Å²) in [4.78, 5) is 16.0. The van der Waals surface area contributed by atoms with E-state index in [0.717, 1.165) is 6.26 Å². The first-order valence-corrected chi connectivity index (χ1v) is 10.3. The molecule has 0 bridgehead atoms. The number of hydrogen-bond donors (Lipinski definition) is 0. The van der Waals surface area contributed by atoms with Gasteiger partial charge in [-0.1, -0.05) is 26.0 Å². The first-order chi connectivity index (χ1) is 11.7. The van der Waals surface area contributed by atoms with Crippen LogP contribution in [0.2, 0.25) is 0 Å². The van der Waals surface area contributed by atoms with Gasteiger partial charge in [0.1, 0.15) is 5.82 Å². The maximum Gasteiger partial charge on any atom is 0.238 e. The predicted octanol–water partition coefficient (Wildman–Crippen LogP) is 1.39. The fourth-order valence-electron chi connectivity index (χ4n) is 2.88. The molecule has 1 aromatic carbocycles. The van der Waals surface area contributed by atoms with Crippen molar-refractivity contribution >= 4 is 21.6 Å². The number of piperazine rings is 1. The average molecular weight is 371 g/mol. The van der Waals surface area contributed by atoms with Gasteiger partial charge in [0.05, 0.1) is 18.5 Å². The Morgan fingerprint density at radius 1 is 1.20 bits per heavy atom. The van der Waals surface area contributed by atoms with Crippen molar-refractivity contribution in [1.29, 1.82) is 0 Å². The topological polar surface area (TPSA) is 60.9 Å². The van der Waals surface area contributed by atoms with Crippen molar-refractivity contribution in [3.8, 4) is 0 Å². The number of para-hydroxylation sites is 1. The number of carbonyl (C=O) groups is 1. The van der Waals surface area contributed by atoms with E-state index < -0.39 is 10.0 Å². The molecular weight excluding hydrogens is 345 g/mol. The predicted molar refractivity (Wildman–Crippen MR) is 96.4 cm³/mol. The summed E-state index contributed by atoms with van der Waals surface area (Å²) in [7, 11) is -3.43. The Morgan fingerprint density at radius 2 is 1.80 bits per heavy atom. The second-order valence-electron chi connectivity index (χ2n) is 6.77. The first-order valence-electron chi connectivity index (χ1n) is 8.41. The normalized spacial score (nSPS) is 15.9. The molecular formula is C17H26FN3O3S. The first kappa shape index (κ1) is 19.7. The minimum Gasteiger partial charge on any atom is -0.366 e. The highest BCUT2D eigenvalue weighted by Crippen LogP contribution is 2.20. The summed E-state index contributed by atoms with van der Waals surface area (Å²) in [6.07, 6.45) is 1.12. The standard InChI is InChI=1S/C17H26FN3O3S/c1-14(2)12-21(25(3,23)24)13-17(22)20-10-8-19(9-11-20)16-7-5-4-6-15(16)18/h4-7,14H,8-13H2,1-3H3. The molecule has 6 nitrogen and oxygen atoms in total. The third-order valence-electron chi connectivity index (χ3n) is 4.17. The Morgan fingerprint density at radius 3 is 2.32 bits per heavy atom. The lowest BCUT2D eigenvalue weighted by atomic mass is 10.2. The molecule has 0 aliphatic carbocycles. The Hall–Kier alpha value is -1.67. The highest BCUT2D eigenvalue weighted by Gasteiger charge is 2.27. The quantitative estimate of drug-likeness (QED) is 0.758. The molecule has 140 valence electrons. The summed E-state index contributed by atoms with van der Waals surface area (Å²) >= 11 is 0. The van der Waals surface area contributed by atoms with Gasteiger partial charge in [0.25, 0.3) is 0 Å². The van der Waals surface area contributed by atoms with E-state index in [1.807, 2.05) is 18.7 Å². The van der Waals surface area contributed by atoms with Gasteiger partial charge in [0.2, 0.25) is 15.9 Å². The summed E-state index contributed by atoms with van der Waals surface area (Å²) in [5, 5.41) is 0. The van der Waals surface area contributed by atoms with Crippen LogP contribution < -0.4 is 4.90 Å². The molecule has 0 radical (unpaired) electrons. The lowest BCUT2D eigenvalue weighted by Crippen LogP contribution is -2.52. The van der Waals surface area contributed by atoms with Crippen LogP contribution in [-0.2, 0) is 14.8 Å². The van der Waals surface area contributed by atoms with E-state index in [0.29, 0.717) is 38.4 Å². The number of anilines is 1. The van der Waals surface area contributed by atoms with Gasteiger partial charge in [0, 0.05) is 32.7 Å². The van der Waals surface area contributed by atoms with Crippen molar-refractivity contribution in [2.45, 2.75) is 13.8 Å². The number of carbonyl (C=O) groups excluding carboxylic acids is 1. The summed E-state index contributed by atoms with van der Waals surface area (Å²) in [6.45, 7) is 5.95. The van der Waals surface area contributed by atoms with E-state index in [-0.39, 0.29) is 24.2 Å². The monoisotopic (exact) mass is 371 g/mol. The van der Waals surface area contributed by atoms with Gasteiger partial charge in [-0.15, -0.1) is 0 Å². The van der Waals surface area contributed by atoms with E-state index in [2.05, 4.69) is 0 Å². The molecule has 25 heavy (non-hydrogen) atoms. The van der Waals surface area contributed by atoms with Gasteiger partial charge in [-0.05, 0) is 18.1 Å². The van der Waals surface area contributed by atoms with Gasteiger partial charge in [0.15, 0.2) is 0 Å². The molecule has 8 heteroatoms. The molecule has 0 aromatic heterocycles. The summed E-state index contributed by atoms with van der Waals surface area (Å²) < 4.78 is 38.8. The molecule has 1 heterocycles. The van der Waals surface area contributed by atoms with Crippen molar-refractivity contribution in [2.24, 2.45) is 5.92 Å². The number of nitrogens with zero attached hydrogens (tertiary/aromatic N) is 3. The third-order valence-corrected chi connectivity index (χ3v) is 5.39. The maximum atomic E-state index is 13.9. The van der Waals surface area contributed by atoms with Crippen LogP contribution in [0.3, 0.4) is 0 Å². The van der Waals surface area contributed by atoms with Gasteiger partial charge in [-0.3, -0.25) is 4.79 Å². The smallest absolute Gasteiger partial charge is 0.238 e. The average Bonchev–Trinajstić information content (AvgIpc) is 2.53. The van der Waals surface area contributed by atoms with E-state index in [1.165, 1.54) is 10.4 Å². The van der Waals surface area contributed by atoms with Crippen molar-refractivity contribution in [1.82, 2.24) is 9.21 Å². The fraction of sp³-hybridized carbons (Fsp3) is 0.588. The Bertz CT molecular complexity index is 701. The van der Waals surface area contributed by atoms with Crippen LogP contribution in [0.25, 0.3) is 0 Å². The minimum atomic E-state index is -3.43. The largest absolute Gasteiger partial charge is 0.366 e. The zero-order chi connectivity index (χ0) is 18.6. The minimum absolute atomic E-state index is 0.139. The molecule has 1 aliphatic heterocycles. The van der Waals surface area contributed by atoms with Crippen LogP contribution in [0, 0.1) is 11.7 Å². The number of sulfonamides is 1. The van der Waals surface area contributed by atoms with Crippen LogP contribution in [0.1, 0.15) is 13.8 Å². The number of benzene rings is 1. The van der Waals surface area contributed by atoms with Crippen molar-refractivity contribution < 1.29 is 17.6 Å². The van der Waals surface area contributed by atoms with Crippen LogP contribution >= 0.6 is 0 Å². The molecule has 0 spiro atoms. The van der Waals surface area contributed by atoms with Crippen LogP contribution in [0.5, 0.6) is 0 Å². The lowest BCUT2D eigenvalue weighted by molar-refractivity contribution is -0.131. The molecule has 0 unspecified atom stereocenters. The van der Waals surface area contributed by atoms with Gasteiger partial charge >= 0.3 is 0 Å². The van der Waals surface area contributed by atoms with E-state index in [4.69, 9.17) is 0 Å². The summed E-state index contributed by atoms with van der Waals surface area (Å²) in [6, 6.07) is 6.57. The fourth-order valence-corrected chi connectivity index (χ4v) is 3.79. The molecule has 1 amide bonds. The molecule has 1 aromatic rings. The van der Waals surface area contributed by atoms with Gasteiger partial charge < -0.3 is 9.80 Å². The highest BCUT2D eigenvalue weighted by atomic mass is 32.2. The van der Waals surface area contributed by atoms with Crippen LogP contribution in [0.4, 0.5) is 10.1 Å². The number of amides is 1. The van der Waals surface area contributed by atoms with E-state index >= 15 is 0 Å². The van der Waals surface area contributed by atoms with Crippen LogP contribution in [-0.4, -0.2) is 69.1 Å². The Labute approximate surface area is 149 Å². The van der Waals surface area contributed by atoms with E-state index in [9.17, 15) is 17.6 Å². The Balaban J connectivity index is 1.95. The summed E-state index contributed by atoms with van der Waals surface area (Å²) in [5.41, 5.74) is 0.534. The Kier molecular flexibility index (Phi) is 6.40. The zero-order valence-electron chi connectivity index (χ0n) is 15.0. The SMILES string of the molecule is CC(C)CN(CC(=O)N1CCN(c2ccccc2F)CC1)S(C)(=O)=O. The van der Waals surface area contributed by atoms with Crippen LogP contribution in [0.15, 0.2) is 24.3 Å². The van der Waals surface area contributed by atoms with Crippen molar-refractivity contribution in [3.05, 3.63) is 30.1 Å².